The molecule has 7 nitrogen and oxygen atoms in total. The summed E-state index contributed by atoms with van der Waals surface area (Å²) in [5.41, 5.74) is 2.16. The van der Waals surface area contributed by atoms with Gasteiger partial charge >= 0.3 is 0 Å². The van der Waals surface area contributed by atoms with Crippen molar-refractivity contribution in [2.45, 2.75) is 26.5 Å². The quantitative estimate of drug-likeness (QED) is 0.536. The van der Waals surface area contributed by atoms with E-state index in [9.17, 15) is 13.9 Å². The maximum absolute atomic E-state index is 14.6. The summed E-state index contributed by atoms with van der Waals surface area (Å²) >= 11 is 0. The number of halogens is 2. The first kappa shape index (κ1) is 18.9. The van der Waals surface area contributed by atoms with Gasteiger partial charge in [0, 0.05) is 11.9 Å². The summed E-state index contributed by atoms with van der Waals surface area (Å²) < 4.78 is 30.5. The maximum atomic E-state index is 14.6. The van der Waals surface area contributed by atoms with E-state index < -0.39 is 17.7 Å². The zero-order valence-corrected chi connectivity index (χ0v) is 15.8. The van der Waals surface area contributed by atoms with Crippen LogP contribution in [0.5, 0.6) is 0 Å². The number of pyridine rings is 3. The standard InChI is InChI=1S/C20H18F2N6O/c1-11-5-6-13(21)17(25-11)19-15(4-3-7-23-19)26-18-14(22)8-24-16-10-28(9-12(2)29)27-20(16)18/h3-8,10,12,26,29H,9H2,1-2H3/t12-/m0/s1. The molecule has 2 N–H and O–H groups in total. The van der Waals surface area contributed by atoms with Crippen molar-refractivity contribution >= 4 is 22.4 Å². The fourth-order valence-corrected chi connectivity index (χ4v) is 3.01. The molecule has 0 saturated heterocycles. The Labute approximate surface area is 165 Å². The van der Waals surface area contributed by atoms with Crippen molar-refractivity contribution in [3.63, 3.8) is 0 Å². The molecule has 0 aromatic carbocycles. The van der Waals surface area contributed by atoms with E-state index >= 15 is 0 Å². The molecule has 9 heteroatoms. The predicted octanol–water partition coefficient (Wildman–Crippen LogP) is 3.60. The molecular formula is C20H18F2N6O. The number of nitrogens with one attached hydrogen (secondary N) is 1. The lowest BCUT2D eigenvalue weighted by atomic mass is 10.1. The van der Waals surface area contributed by atoms with Crippen LogP contribution in [0.15, 0.2) is 42.9 Å². The molecule has 0 saturated carbocycles. The van der Waals surface area contributed by atoms with Gasteiger partial charge in [-0.1, -0.05) is 0 Å². The third-order valence-corrected chi connectivity index (χ3v) is 4.26. The van der Waals surface area contributed by atoms with Gasteiger partial charge in [-0.3, -0.25) is 9.67 Å². The predicted molar refractivity (Wildman–Crippen MR) is 105 cm³/mol. The fourth-order valence-electron chi connectivity index (χ4n) is 3.01. The van der Waals surface area contributed by atoms with Gasteiger partial charge in [0.15, 0.2) is 11.6 Å². The van der Waals surface area contributed by atoms with Crippen molar-refractivity contribution in [1.29, 1.82) is 0 Å². The lowest BCUT2D eigenvalue weighted by Gasteiger charge is -2.12. The molecule has 0 fully saturated rings. The summed E-state index contributed by atoms with van der Waals surface area (Å²) in [5, 5.41) is 16.9. The number of fused-ring (bicyclic) bond motifs is 1. The number of nitrogens with zero attached hydrogens (tertiary/aromatic N) is 5. The van der Waals surface area contributed by atoms with E-state index in [2.05, 4.69) is 25.4 Å². The Morgan fingerprint density at radius 2 is 1.97 bits per heavy atom. The number of aromatic nitrogens is 5. The molecule has 0 bridgehead atoms. The second-order valence-corrected chi connectivity index (χ2v) is 6.72. The summed E-state index contributed by atoms with van der Waals surface area (Å²) in [6.45, 7) is 3.62. The average molecular weight is 396 g/mol. The highest BCUT2D eigenvalue weighted by molar-refractivity contribution is 5.91. The van der Waals surface area contributed by atoms with Crippen LogP contribution in [0.4, 0.5) is 20.2 Å². The van der Waals surface area contributed by atoms with Crippen LogP contribution in [0.3, 0.4) is 0 Å². The fraction of sp³-hybridized carbons (Fsp3) is 0.200. The van der Waals surface area contributed by atoms with E-state index in [-0.39, 0.29) is 29.1 Å². The Kier molecular flexibility index (Phi) is 4.89. The average Bonchev–Trinajstić information content (AvgIpc) is 3.08. The number of hydrogen-bond donors (Lipinski definition) is 2. The molecule has 148 valence electrons. The number of aliphatic hydroxyl groups excluding tert-OH is 1. The topological polar surface area (TPSA) is 88.8 Å². The van der Waals surface area contributed by atoms with Crippen LogP contribution < -0.4 is 5.32 Å². The Bertz CT molecular complexity index is 1190. The van der Waals surface area contributed by atoms with E-state index in [1.807, 2.05) is 0 Å². The minimum atomic E-state index is -0.620. The van der Waals surface area contributed by atoms with Crippen LogP contribution in [0.25, 0.3) is 22.4 Å². The van der Waals surface area contributed by atoms with Crippen LogP contribution in [-0.2, 0) is 6.54 Å². The van der Waals surface area contributed by atoms with Crippen LogP contribution in [0, 0.1) is 18.6 Å². The smallest absolute Gasteiger partial charge is 0.167 e. The maximum Gasteiger partial charge on any atom is 0.167 e. The molecule has 0 aliphatic carbocycles. The van der Waals surface area contributed by atoms with Crippen LogP contribution >= 0.6 is 0 Å². The van der Waals surface area contributed by atoms with E-state index in [1.54, 1.807) is 38.2 Å². The monoisotopic (exact) mass is 396 g/mol. The Hall–Kier alpha value is -3.46. The van der Waals surface area contributed by atoms with Crippen LogP contribution in [0.2, 0.25) is 0 Å². The van der Waals surface area contributed by atoms with E-state index in [0.29, 0.717) is 16.9 Å². The molecule has 4 aromatic rings. The van der Waals surface area contributed by atoms with Crippen molar-refractivity contribution in [3.8, 4) is 11.4 Å². The van der Waals surface area contributed by atoms with E-state index in [0.717, 1.165) is 6.20 Å². The lowest BCUT2D eigenvalue weighted by Crippen LogP contribution is -2.11. The first-order valence-electron chi connectivity index (χ1n) is 8.97. The molecule has 0 radical (unpaired) electrons. The highest BCUT2D eigenvalue weighted by Crippen LogP contribution is 2.32. The molecule has 0 aliphatic heterocycles. The summed E-state index contributed by atoms with van der Waals surface area (Å²) in [4.78, 5) is 12.5. The Morgan fingerprint density at radius 3 is 2.76 bits per heavy atom. The molecule has 0 amide bonds. The molecule has 29 heavy (non-hydrogen) atoms. The second kappa shape index (κ2) is 7.51. The molecular weight excluding hydrogens is 378 g/mol. The molecule has 1 atom stereocenters. The van der Waals surface area contributed by atoms with E-state index in [4.69, 9.17) is 0 Å². The third kappa shape index (κ3) is 3.77. The van der Waals surface area contributed by atoms with Gasteiger partial charge in [0.2, 0.25) is 0 Å². The zero-order valence-electron chi connectivity index (χ0n) is 15.8. The zero-order chi connectivity index (χ0) is 20.5. The van der Waals surface area contributed by atoms with Crippen LogP contribution in [0.1, 0.15) is 12.6 Å². The van der Waals surface area contributed by atoms with Crippen molar-refractivity contribution in [2.75, 3.05) is 5.32 Å². The van der Waals surface area contributed by atoms with Crippen molar-refractivity contribution in [2.24, 2.45) is 0 Å². The molecule has 4 aromatic heterocycles. The van der Waals surface area contributed by atoms with Gasteiger partial charge in [-0.2, -0.15) is 5.10 Å². The highest BCUT2D eigenvalue weighted by Gasteiger charge is 2.18. The van der Waals surface area contributed by atoms with Gasteiger partial charge in [0.1, 0.15) is 28.1 Å². The SMILES string of the molecule is Cc1ccc(F)c(-c2ncccc2Nc2c(F)cnc3cn(C[C@H](C)O)nc23)n1. The normalized spacial score (nSPS) is 12.3. The summed E-state index contributed by atoms with van der Waals surface area (Å²) in [7, 11) is 0. The molecule has 4 heterocycles. The Balaban J connectivity index is 1.81. The molecule has 0 unspecified atom stereocenters. The van der Waals surface area contributed by atoms with Gasteiger partial charge in [-0.15, -0.1) is 0 Å². The molecule has 0 aliphatic rings. The third-order valence-electron chi connectivity index (χ3n) is 4.26. The summed E-state index contributed by atoms with van der Waals surface area (Å²) in [5.74, 6) is -1.15. The largest absolute Gasteiger partial charge is 0.391 e. The van der Waals surface area contributed by atoms with Gasteiger partial charge < -0.3 is 10.4 Å². The summed E-state index contributed by atoms with van der Waals surface area (Å²) in [6, 6.07) is 6.20. The molecule has 4 rings (SSSR count). The number of anilines is 2. The summed E-state index contributed by atoms with van der Waals surface area (Å²) in [6.07, 6.45) is 3.60. The minimum absolute atomic E-state index is 0.0680. The van der Waals surface area contributed by atoms with E-state index in [1.165, 1.54) is 16.9 Å². The van der Waals surface area contributed by atoms with Crippen molar-refractivity contribution in [3.05, 3.63) is 60.2 Å². The van der Waals surface area contributed by atoms with Gasteiger partial charge in [-0.05, 0) is 38.1 Å². The van der Waals surface area contributed by atoms with Gasteiger partial charge in [0.25, 0.3) is 0 Å². The van der Waals surface area contributed by atoms with Gasteiger partial charge in [0.05, 0.1) is 30.7 Å². The van der Waals surface area contributed by atoms with Crippen molar-refractivity contribution < 1.29 is 13.9 Å². The Morgan fingerprint density at radius 1 is 1.14 bits per heavy atom. The second-order valence-electron chi connectivity index (χ2n) is 6.72. The van der Waals surface area contributed by atoms with Crippen molar-refractivity contribution in [1.82, 2.24) is 24.7 Å². The van der Waals surface area contributed by atoms with Gasteiger partial charge in [-0.25, -0.2) is 18.7 Å². The molecule has 0 spiro atoms. The number of aryl methyl sites for hydroxylation is 1. The minimum Gasteiger partial charge on any atom is -0.391 e. The highest BCUT2D eigenvalue weighted by atomic mass is 19.1. The first-order chi connectivity index (χ1) is 13.9. The first-order valence-corrected chi connectivity index (χ1v) is 8.97. The number of hydrogen-bond acceptors (Lipinski definition) is 6. The number of rotatable bonds is 5. The lowest BCUT2D eigenvalue weighted by molar-refractivity contribution is 0.169. The van der Waals surface area contributed by atoms with Crippen LogP contribution in [-0.4, -0.2) is 35.9 Å². The number of aliphatic hydroxyl groups is 1.